The first-order valence-corrected chi connectivity index (χ1v) is 14.1. The van der Waals surface area contributed by atoms with Gasteiger partial charge in [0.15, 0.2) is 0 Å². The van der Waals surface area contributed by atoms with Gasteiger partial charge in [0.1, 0.15) is 0 Å². The molecular formula is C33H43NO. The minimum atomic E-state index is 0.228. The summed E-state index contributed by atoms with van der Waals surface area (Å²) in [5.74, 6) is 2.54. The molecule has 0 heterocycles. The van der Waals surface area contributed by atoms with Crippen LogP contribution in [0.5, 0.6) is 0 Å². The topological polar surface area (TPSA) is 20.3 Å². The molecule has 0 radical (unpaired) electrons. The van der Waals surface area contributed by atoms with Crippen LogP contribution in [0.2, 0.25) is 0 Å². The lowest BCUT2D eigenvalue weighted by atomic mass is 9.39. The number of rotatable bonds is 2. The van der Waals surface area contributed by atoms with Crippen molar-refractivity contribution in [3.63, 3.8) is 0 Å². The van der Waals surface area contributed by atoms with E-state index in [1.165, 1.54) is 67.7 Å². The molecule has 186 valence electrons. The molecule has 3 saturated carbocycles. The van der Waals surface area contributed by atoms with E-state index in [4.69, 9.17) is 0 Å². The molecule has 2 aromatic carbocycles. The van der Waals surface area contributed by atoms with Gasteiger partial charge in [-0.3, -0.25) is 4.79 Å². The fraction of sp³-hybridized carbons (Fsp3) is 0.606. The van der Waals surface area contributed by atoms with Crippen molar-refractivity contribution in [3.8, 4) is 0 Å². The molecule has 0 spiro atoms. The predicted octanol–water partition coefficient (Wildman–Crippen LogP) is 8.11. The Bertz CT molecular complexity index is 1200. The van der Waals surface area contributed by atoms with Gasteiger partial charge >= 0.3 is 0 Å². The van der Waals surface area contributed by atoms with Crippen molar-refractivity contribution in [1.82, 2.24) is 4.90 Å². The molecule has 0 aliphatic heterocycles. The molecular weight excluding hydrogens is 426 g/mol. The summed E-state index contributed by atoms with van der Waals surface area (Å²) in [6, 6.07) is 16.4. The zero-order chi connectivity index (χ0) is 24.6. The van der Waals surface area contributed by atoms with E-state index in [1.807, 2.05) is 11.9 Å². The van der Waals surface area contributed by atoms with Gasteiger partial charge in [-0.15, -0.1) is 0 Å². The monoisotopic (exact) mass is 469 g/mol. The van der Waals surface area contributed by atoms with Crippen molar-refractivity contribution in [2.24, 2.45) is 34.0 Å². The highest BCUT2D eigenvalue weighted by Gasteiger charge is 2.63. The van der Waals surface area contributed by atoms with E-state index < -0.39 is 0 Å². The molecule has 2 nitrogen and oxygen atoms in total. The van der Waals surface area contributed by atoms with Crippen molar-refractivity contribution in [1.29, 1.82) is 0 Å². The average molecular weight is 470 g/mol. The molecule has 2 aromatic rings. The molecule has 4 aliphatic rings. The Morgan fingerprint density at radius 1 is 0.886 bits per heavy atom. The Morgan fingerprint density at radius 3 is 2.40 bits per heavy atom. The fourth-order valence-electron chi connectivity index (χ4n) is 9.87. The second-order valence-electron chi connectivity index (χ2n) is 13.3. The largest absolute Gasteiger partial charge is 0.343 e. The smallest absolute Gasteiger partial charge is 0.219 e. The van der Waals surface area contributed by atoms with Gasteiger partial charge in [0.05, 0.1) is 0 Å². The van der Waals surface area contributed by atoms with Gasteiger partial charge in [-0.1, -0.05) is 63.2 Å². The van der Waals surface area contributed by atoms with E-state index in [9.17, 15) is 4.79 Å². The van der Waals surface area contributed by atoms with Crippen LogP contribution in [0.3, 0.4) is 0 Å². The number of fused-ring (bicyclic) bond motifs is 6. The van der Waals surface area contributed by atoms with Gasteiger partial charge in [-0.25, -0.2) is 0 Å². The minimum Gasteiger partial charge on any atom is -0.343 e. The van der Waals surface area contributed by atoms with Crippen LogP contribution in [0.1, 0.15) is 84.6 Å². The maximum absolute atomic E-state index is 12.1. The molecule has 1 amide bonds. The molecule has 0 bridgehead atoms. The summed E-state index contributed by atoms with van der Waals surface area (Å²) in [5.41, 5.74) is 4.18. The van der Waals surface area contributed by atoms with E-state index in [0.29, 0.717) is 16.9 Å². The van der Waals surface area contributed by atoms with Crippen LogP contribution in [0.4, 0.5) is 0 Å². The third-order valence-electron chi connectivity index (χ3n) is 11.9. The van der Waals surface area contributed by atoms with Crippen molar-refractivity contribution in [3.05, 3.63) is 54.1 Å². The summed E-state index contributed by atoms with van der Waals surface area (Å²) in [6.07, 6.45) is 12.9. The first-order valence-electron chi connectivity index (χ1n) is 14.1. The molecule has 35 heavy (non-hydrogen) atoms. The number of hydrogen-bond acceptors (Lipinski definition) is 1. The summed E-state index contributed by atoms with van der Waals surface area (Å²) in [7, 11) is 2.02. The van der Waals surface area contributed by atoms with Crippen LogP contribution in [-0.4, -0.2) is 23.9 Å². The minimum absolute atomic E-state index is 0.228. The van der Waals surface area contributed by atoms with Crippen LogP contribution in [-0.2, 0) is 4.79 Å². The van der Waals surface area contributed by atoms with Crippen molar-refractivity contribution in [2.45, 2.75) is 85.1 Å². The number of amides is 1. The first-order chi connectivity index (χ1) is 16.7. The molecule has 7 atom stereocenters. The molecule has 4 aliphatic carbocycles. The second-order valence-corrected chi connectivity index (χ2v) is 13.3. The summed E-state index contributed by atoms with van der Waals surface area (Å²) < 4.78 is 0. The van der Waals surface area contributed by atoms with Crippen molar-refractivity contribution < 1.29 is 4.79 Å². The normalized spacial score (nSPS) is 40.4. The summed E-state index contributed by atoms with van der Waals surface area (Å²) >= 11 is 0. The summed E-state index contributed by atoms with van der Waals surface area (Å²) in [4.78, 5) is 14.1. The molecule has 0 unspecified atom stereocenters. The highest BCUT2D eigenvalue weighted by atomic mass is 16.2. The average Bonchev–Trinajstić information content (AvgIpc) is 3.21. The van der Waals surface area contributed by atoms with Gasteiger partial charge in [0.25, 0.3) is 0 Å². The highest BCUT2D eigenvalue weighted by molar-refractivity contribution is 5.87. The van der Waals surface area contributed by atoms with Gasteiger partial charge in [-0.2, -0.15) is 0 Å². The van der Waals surface area contributed by atoms with Crippen LogP contribution >= 0.6 is 0 Å². The number of carbonyl (C=O) groups excluding carboxylic acids is 1. The van der Waals surface area contributed by atoms with Gasteiger partial charge in [-0.05, 0) is 113 Å². The molecule has 3 fully saturated rings. The summed E-state index contributed by atoms with van der Waals surface area (Å²) in [5, 5.41) is 2.70. The highest BCUT2D eigenvalue weighted by Crippen LogP contribution is 2.72. The van der Waals surface area contributed by atoms with E-state index in [0.717, 1.165) is 17.8 Å². The zero-order valence-electron chi connectivity index (χ0n) is 22.4. The van der Waals surface area contributed by atoms with Gasteiger partial charge < -0.3 is 4.90 Å². The van der Waals surface area contributed by atoms with Crippen LogP contribution in [0.25, 0.3) is 16.3 Å². The molecule has 0 aromatic heterocycles. The Kier molecular flexibility index (Phi) is 5.30. The van der Waals surface area contributed by atoms with Crippen molar-refractivity contribution in [2.75, 3.05) is 7.05 Å². The van der Waals surface area contributed by atoms with E-state index >= 15 is 0 Å². The van der Waals surface area contributed by atoms with Crippen molar-refractivity contribution >= 4 is 22.3 Å². The fourth-order valence-corrected chi connectivity index (χ4v) is 9.87. The first kappa shape index (κ1) is 23.3. The van der Waals surface area contributed by atoms with Gasteiger partial charge in [0.2, 0.25) is 5.91 Å². The molecule has 0 N–H and O–H groups in total. The molecule has 2 heteroatoms. The third-order valence-corrected chi connectivity index (χ3v) is 11.9. The molecule has 6 rings (SSSR count). The van der Waals surface area contributed by atoms with E-state index in [-0.39, 0.29) is 11.3 Å². The predicted molar refractivity (Wildman–Crippen MR) is 146 cm³/mol. The molecule has 0 saturated heterocycles. The number of carbonyl (C=O) groups is 1. The van der Waals surface area contributed by atoms with Crippen LogP contribution in [0, 0.1) is 34.0 Å². The number of nitrogens with zero attached hydrogens (tertiary/aromatic N) is 1. The van der Waals surface area contributed by atoms with E-state index in [2.05, 4.69) is 69.3 Å². The van der Waals surface area contributed by atoms with Gasteiger partial charge in [0, 0.05) is 20.0 Å². The summed E-state index contributed by atoms with van der Waals surface area (Å²) in [6.45, 7) is 9.64. The lowest BCUT2D eigenvalue weighted by Crippen LogP contribution is -2.59. The number of benzene rings is 2. The maximum atomic E-state index is 12.1. The standard InChI is InChI=1S/C33H43NO/c1-22(35)34(5)27-15-18-31(2)26(21-27)14-17-33(4)29-13-12-28(32(29,3)19-16-30(31)33)25-11-10-23-8-6-7-9-24(23)20-25/h6-12,20,26-27,29-30H,13-19,21H2,1-5H3/t26-,27+,29+,30+,31-,32+,33-/m0/s1. The Labute approximate surface area is 212 Å². The quantitative estimate of drug-likeness (QED) is 0.435. The third kappa shape index (κ3) is 3.31. The number of allylic oxidation sites excluding steroid dienone is 2. The Hall–Kier alpha value is -2.09. The second kappa shape index (κ2) is 7.95. The number of hydrogen-bond donors (Lipinski definition) is 0. The lowest BCUT2D eigenvalue weighted by Gasteiger charge is -2.66. The lowest BCUT2D eigenvalue weighted by molar-refractivity contribution is -0.161. The van der Waals surface area contributed by atoms with Crippen LogP contribution < -0.4 is 0 Å². The zero-order valence-corrected chi connectivity index (χ0v) is 22.4. The maximum Gasteiger partial charge on any atom is 0.219 e. The SMILES string of the molecule is CC(=O)N(C)[C@@H]1CC[C@@]2(C)[C@@H](CC[C@]3(C)[C@@H]2CC[C@]2(C)C(c4ccc5ccccc5c4)=CC[C@@H]32)C1. The Morgan fingerprint density at radius 2 is 1.63 bits per heavy atom. The van der Waals surface area contributed by atoms with Crippen LogP contribution in [0.15, 0.2) is 48.5 Å². The van der Waals surface area contributed by atoms with E-state index in [1.54, 1.807) is 12.5 Å². The Balaban J connectivity index is 1.29.